The summed E-state index contributed by atoms with van der Waals surface area (Å²) in [6.45, 7) is 0.179. The average Bonchev–Trinajstić information content (AvgIpc) is 2.95. The maximum absolute atomic E-state index is 13.0. The minimum Gasteiger partial charge on any atom is -0.480 e. The van der Waals surface area contributed by atoms with Gasteiger partial charge < -0.3 is 42.1 Å². The van der Waals surface area contributed by atoms with Crippen LogP contribution in [0.15, 0.2) is 24.3 Å². The van der Waals surface area contributed by atoms with Crippen LogP contribution in [0.25, 0.3) is 0 Å². The van der Waals surface area contributed by atoms with Gasteiger partial charge in [-0.15, -0.1) is 0 Å². The second-order valence-electron chi connectivity index (χ2n) is 9.47. The molecule has 2 rings (SSSR count). The first-order valence-corrected chi connectivity index (χ1v) is 13.4. The van der Waals surface area contributed by atoms with Gasteiger partial charge in [0.1, 0.15) is 18.4 Å². The molecule has 0 spiro atoms. The first kappa shape index (κ1) is 37.3. The van der Waals surface area contributed by atoms with Crippen molar-refractivity contribution < 1.29 is 52.2 Å². The van der Waals surface area contributed by atoms with Crippen molar-refractivity contribution in [2.45, 2.75) is 44.3 Å². The van der Waals surface area contributed by atoms with Crippen LogP contribution < -0.4 is 22.1 Å². The second-order valence-corrected chi connectivity index (χ2v) is 9.47. The third kappa shape index (κ3) is 13.1. The maximum atomic E-state index is 13.0. The number of carboxylic acid groups (broad SMARTS) is 2. The van der Waals surface area contributed by atoms with Crippen LogP contribution in [0.5, 0.6) is 0 Å². The number of benzene rings is 1. The molecule has 9 N–H and O–H groups in total. The molecule has 0 aliphatic carbocycles. The van der Waals surface area contributed by atoms with Gasteiger partial charge in [-0.25, -0.2) is 4.79 Å². The number of alkyl halides is 3. The predicted octanol–water partition coefficient (Wildman–Crippen LogP) is -0.517. The van der Waals surface area contributed by atoms with Crippen molar-refractivity contribution in [3.8, 4) is 0 Å². The highest BCUT2D eigenvalue weighted by molar-refractivity contribution is 5.99. The van der Waals surface area contributed by atoms with E-state index in [1.165, 1.54) is 34.1 Å². The Hall–Kier alpha value is -4.74. The molecular weight excluding hydrogens is 595 g/mol. The van der Waals surface area contributed by atoms with Gasteiger partial charge in [-0.1, -0.05) is 12.1 Å². The molecule has 1 atom stereocenters. The molecule has 15 nitrogen and oxygen atoms in total. The number of nitrogens with one attached hydrogen (secondary N) is 3. The molecule has 1 aromatic rings. The lowest BCUT2D eigenvalue weighted by Gasteiger charge is -2.40. The fourth-order valence-electron chi connectivity index (χ4n) is 3.94. The van der Waals surface area contributed by atoms with Crippen LogP contribution in [0.1, 0.15) is 48.0 Å². The number of halogens is 3. The minimum atomic E-state index is -5.08. The standard InChI is InChI=1S/C24H35N7O6.C2HF3O2/c25-10-2-1-5-19(32)28-11-3-4-18-24(37)30(15-21(34)35)12-13-31(18)20(33)14-29-23(36)17-8-6-16(7-9-17)22(26)27;3-2(4,5)1(6)7/h6-9,18H,1-5,10-15,25H2,(H3,26,27)(H,28,32)(H,29,36)(H,34,35);(H,6,7)/t18-;/m0./s1. The molecule has 1 saturated heterocycles. The number of carbonyl (C=O) groups is 6. The van der Waals surface area contributed by atoms with Crippen LogP contribution >= 0.6 is 0 Å². The Labute approximate surface area is 250 Å². The van der Waals surface area contributed by atoms with Crippen molar-refractivity contribution in [2.75, 3.05) is 39.3 Å². The molecule has 0 unspecified atom stereocenters. The molecule has 44 heavy (non-hydrogen) atoms. The van der Waals surface area contributed by atoms with E-state index in [4.69, 9.17) is 31.9 Å². The summed E-state index contributed by atoms with van der Waals surface area (Å²) in [6, 6.07) is 5.11. The molecule has 0 saturated carbocycles. The lowest BCUT2D eigenvalue weighted by atomic mass is 10.0. The van der Waals surface area contributed by atoms with E-state index in [1.807, 2.05) is 0 Å². The predicted molar refractivity (Wildman–Crippen MR) is 148 cm³/mol. The zero-order valence-corrected chi connectivity index (χ0v) is 23.7. The summed E-state index contributed by atoms with van der Waals surface area (Å²) >= 11 is 0. The van der Waals surface area contributed by atoms with Crippen LogP contribution in [-0.2, 0) is 24.0 Å². The van der Waals surface area contributed by atoms with E-state index in [9.17, 15) is 37.1 Å². The van der Waals surface area contributed by atoms with Crippen molar-refractivity contribution in [1.82, 2.24) is 20.4 Å². The molecule has 0 radical (unpaired) electrons. The fourth-order valence-corrected chi connectivity index (χ4v) is 3.94. The molecule has 1 aliphatic rings. The van der Waals surface area contributed by atoms with Crippen LogP contribution in [0, 0.1) is 5.41 Å². The van der Waals surface area contributed by atoms with Crippen molar-refractivity contribution in [3.63, 3.8) is 0 Å². The Balaban J connectivity index is 0.00000123. The summed E-state index contributed by atoms with van der Waals surface area (Å²) in [5.41, 5.74) is 11.6. The number of carboxylic acids is 2. The van der Waals surface area contributed by atoms with Gasteiger partial charge in [-0.3, -0.25) is 29.4 Å². The summed E-state index contributed by atoms with van der Waals surface area (Å²) < 4.78 is 31.7. The van der Waals surface area contributed by atoms with Gasteiger partial charge in [0.2, 0.25) is 17.7 Å². The Kier molecular flexibility index (Phi) is 15.3. The van der Waals surface area contributed by atoms with Crippen LogP contribution in [0.3, 0.4) is 0 Å². The summed E-state index contributed by atoms with van der Waals surface area (Å²) in [7, 11) is 0. The highest BCUT2D eigenvalue weighted by atomic mass is 19.4. The summed E-state index contributed by atoms with van der Waals surface area (Å²) in [5, 5.41) is 28.9. The molecule has 1 aromatic carbocycles. The van der Waals surface area contributed by atoms with Gasteiger partial charge in [0.05, 0.1) is 6.54 Å². The van der Waals surface area contributed by atoms with Crippen LogP contribution in [-0.4, -0.2) is 113 Å². The van der Waals surface area contributed by atoms with E-state index >= 15 is 0 Å². The highest BCUT2D eigenvalue weighted by Crippen LogP contribution is 2.17. The van der Waals surface area contributed by atoms with Gasteiger partial charge in [0, 0.05) is 37.2 Å². The van der Waals surface area contributed by atoms with E-state index in [0.29, 0.717) is 37.9 Å². The van der Waals surface area contributed by atoms with Gasteiger partial charge in [0.15, 0.2) is 0 Å². The molecule has 1 heterocycles. The van der Waals surface area contributed by atoms with E-state index in [-0.39, 0.29) is 43.4 Å². The fraction of sp³-hybridized carbons (Fsp3) is 0.500. The van der Waals surface area contributed by atoms with E-state index in [1.54, 1.807) is 0 Å². The van der Waals surface area contributed by atoms with Crippen molar-refractivity contribution in [2.24, 2.45) is 11.5 Å². The zero-order valence-electron chi connectivity index (χ0n) is 23.7. The highest BCUT2D eigenvalue weighted by Gasteiger charge is 2.38. The van der Waals surface area contributed by atoms with Gasteiger partial charge in [-0.05, 0) is 44.4 Å². The minimum absolute atomic E-state index is 0.0612. The maximum Gasteiger partial charge on any atom is 0.490 e. The number of hydrogen-bond acceptors (Lipinski definition) is 8. The monoisotopic (exact) mass is 631 g/mol. The molecule has 0 bridgehead atoms. The van der Waals surface area contributed by atoms with Crippen molar-refractivity contribution in [3.05, 3.63) is 35.4 Å². The summed E-state index contributed by atoms with van der Waals surface area (Å²) in [4.78, 5) is 72.8. The van der Waals surface area contributed by atoms with Gasteiger partial charge in [0.25, 0.3) is 5.91 Å². The van der Waals surface area contributed by atoms with Crippen molar-refractivity contribution in [1.29, 1.82) is 5.41 Å². The van der Waals surface area contributed by atoms with Crippen LogP contribution in [0.4, 0.5) is 13.2 Å². The number of piperazine rings is 1. The Morgan fingerprint density at radius 1 is 0.977 bits per heavy atom. The number of amidine groups is 1. The SMILES string of the molecule is N=C(N)c1ccc(C(=O)NCC(=O)N2CCN(CC(=O)O)C(=O)[C@@H]2CCCNC(=O)CCCCN)cc1.O=C(O)C(F)(F)F. The molecule has 1 fully saturated rings. The second kappa shape index (κ2) is 18.0. The summed E-state index contributed by atoms with van der Waals surface area (Å²) in [5.74, 6) is -5.63. The Bertz CT molecular complexity index is 1200. The van der Waals surface area contributed by atoms with Crippen molar-refractivity contribution >= 4 is 41.4 Å². The number of rotatable bonds is 14. The normalized spacial score (nSPS) is 14.6. The number of unbranched alkanes of at least 4 members (excludes halogenated alkanes) is 1. The number of nitrogen functional groups attached to an aromatic ring is 1. The molecule has 244 valence electrons. The molecule has 18 heteroatoms. The average molecular weight is 632 g/mol. The first-order valence-electron chi connectivity index (χ1n) is 13.4. The van der Waals surface area contributed by atoms with E-state index in [0.717, 1.165) is 6.42 Å². The molecule has 4 amide bonds. The smallest absolute Gasteiger partial charge is 0.480 e. The third-order valence-corrected chi connectivity index (χ3v) is 6.17. The van der Waals surface area contributed by atoms with Crippen LogP contribution in [0.2, 0.25) is 0 Å². The zero-order chi connectivity index (χ0) is 33.4. The van der Waals surface area contributed by atoms with E-state index in [2.05, 4.69) is 10.6 Å². The number of hydrogen-bond donors (Lipinski definition) is 7. The number of amides is 4. The third-order valence-electron chi connectivity index (χ3n) is 6.17. The first-order chi connectivity index (χ1) is 20.6. The number of nitrogens with two attached hydrogens (primary N) is 2. The van der Waals surface area contributed by atoms with Gasteiger partial charge >= 0.3 is 18.1 Å². The Morgan fingerprint density at radius 2 is 1.57 bits per heavy atom. The topological polar surface area (TPSA) is 249 Å². The summed E-state index contributed by atoms with van der Waals surface area (Å²) in [6.07, 6.45) is -2.67. The Morgan fingerprint density at radius 3 is 2.09 bits per heavy atom. The lowest BCUT2D eigenvalue weighted by Crippen LogP contribution is -2.60. The molecule has 0 aromatic heterocycles. The largest absolute Gasteiger partial charge is 0.490 e. The van der Waals surface area contributed by atoms with E-state index < -0.39 is 48.4 Å². The molecule has 1 aliphatic heterocycles. The number of aliphatic carboxylic acids is 2. The van der Waals surface area contributed by atoms with Gasteiger partial charge in [-0.2, -0.15) is 13.2 Å². The lowest BCUT2D eigenvalue weighted by molar-refractivity contribution is -0.192. The quantitative estimate of drug-likeness (QED) is 0.0786. The number of carbonyl (C=O) groups excluding carboxylic acids is 4. The number of nitrogens with zero attached hydrogens (tertiary/aromatic N) is 2. The molecular formula is C26H36F3N7O8.